The van der Waals surface area contributed by atoms with Gasteiger partial charge < -0.3 is 10.1 Å². The molecule has 0 aromatic heterocycles. The Hall–Kier alpha value is -2.62. The Morgan fingerprint density at radius 1 is 0.852 bits per heavy atom. The normalized spacial score (nSPS) is 15.1. The third-order valence-electron chi connectivity index (χ3n) is 5.07. The fourth-order valence-electron chi connectivity index (χ4n) is 3.67. The van der Waals surface area contributed by atoms with Crippen LogP contribution in [0.3, 0.4) is 0 Å². The largest absolute Gasteiger partial charge is 0.455 e. The SMILES string of the molecule is O=C(COC(=O)C(c1ccccc1)c1ccccc1)NC1CCCCCC1. The van der Waals surface area contributed by atoms with Gasteiger partial charge in [-0.3, -0.25) is 9.59 Å². The van der Waals surface area contributed by atoms with Crippen molar-refractivity contribution in [1.82, 2.24) is 5.32 Å². The van der Waals surface area contributed by atoms with Gasteiger partial charge in [-0.1, -0.05) is 86.3 Å². The summed E-state index contributed by atoms with van der Waals surface area (Å²) in [5, 5.41) is 3.02. The first-order chi connectivity index (χ1) is 13.2. The summed E-state index contributed by atoms with van der Waals surface area (Å²) < 4.78 is 5.40. The molecule has 1 aliphatic carbocycles. The number of nitrogens with one attached hydrogen (secondary N) is 1. The molecule has 2 aromatic carbocycles. The van der Waals surface area contributed by atoms with Gasteiger partial charge in [-0.2, -0.15) is 0 Å². The highest BCUT2D eigenvalue weighted by Gasteiger charge is 2.25. The van der Waals surface area contributed by atoms with Crippen molar-refractivity contribution in [1.29, 1.82) is 0 Å². The van der Waals surface area contributed by atoms with Crippen molar-refractivity contribution in [3.05, 3.63) is 71.8 Å². The van der Waals surface area contributed by atoms with Crippen LogP contribution in [-0.2, 0) is 14.3 Å². The summed E-state index contributed by atoms with van der Waals surface area (Å²) in [4.78, 5) is 25.0. The maximum Gasteiger partial charge on any atom is 0.318 e. The fourth-order valence-corrected chi connectivity index (χ4v) is 3.67. The first-order valence-corrected chi connectivity index (χ1v) is 9.80. The third kappa shape index (κ3) is 5.68. The predicted molar refractivity (Wildman–Crippen MR) is 105 cm³/mol. The van der Waals surface area contributed by atoms with Crippen molar-refractivity contribution < 1.29 is 14.3 Å². The minimum atomic E-state index is -0.530. The van der Waals surface area contributed by atoms with Crippen LogP contribution in [-0.4, -0.2) is 24.5 Å². The first-order valence-electron chi connectivity index (χ1n) is 9.80. The van der Waals surface area contributed by atoms with Gasteiger partial charge in [0.1, 0.15) is 5.92 Å². The maximum atomic E-state index is 12.8. The number of rotatable bonds is 6. The molecule has 0 radical (unpaired) electrons. The standard InChI is InChI=1S/C23H27NO3/c25-21(24-20-15-9-1-2-10-16-20)17-27-23(26)22(18-11-5-3-6-12-18)19-13-7-4-8-14-19/h3-8,11-14,20,22H,1-2,9-10,15-17H2,(H,24,25). The summed E-state index contributed by atoms with van der Waals surface area (Å²) >= 11 is 0. The lowest BCUT2D eigenvalue weighted by atomic mass is 9.91. The Labute approximate surface area is 160 Å². The van der Waals surface area contributed by atoms with E-state index in [1.807, 2.05) is 60.7 Å². The van der Waals surface area contributed by atoms with Crippen LogP contribution < -0.4 is 5.32 Å². The highest BCUT2D eigenvalue weighted by Crippen LogP contribution is 2.26. The molecule has 4 nitrogen and oxygen atoms in total. The van der Waals surface area contributed by atoms with E-state index in [4.69, 9.17) is 4.74 Å². The van der Waals surface area contributed by atoms with Crippen molar-refractivity contribution in [2.24, 2.45) is 0 Å². The molecule has 0 spiro atoms. The van der Waals surface area contributed by atoms with Gasteiger partial charge in [0, 0.05) is 6.04 Å². The van der Waals surface area contributed by atoms with Crippen LogP contribution in [0.1, 0.15) is 55.6 Å². The number of hydrogen-bond donors (Lipinski definition) is 1. The molecule has 27 heavy (non-hydrogen) atoms. The smallest absolute Gasteiger partial charge is 0.318 e. The molecule has 1 amide bonds. The van der Waals surface area contributed by atoms with Crippen LogP contribution in [0.2, 0.25) is 0 Å². The van der Waals surface area contributed by atoms with Gasteiger partial charge in [-0.05, 0) is 24.0 Å². The van der Waals surface area contributed by atoms with Crippen LogP contribution in [0.4, 0.5) is 0 Å². The summed E-state index contributed by atoms with van der Waals surface area (Å²) in [6, 6.07) is 19.3. The zero-order valence-corrected chi connectivity index (χ0v) is 15.6. The van der Waals surface area contributed by atoms with Crippen molar-refractivity contribution in [2.75, 3.05) is 6.61 Å². The van der Waals surface area contributed by atoms with Crippen LogP contribution in [0.25, 0.3) is 0 Å². The molecule has 0 atom stereocenters. The van der Waals surface area contributed by atoms with Gasteiger partial charge in [-0.15, -0.1) is 0 Å². The van der Waals surface area contributed by atoms with E-state index in [0.717, 1.165) is 36.8 Å². The second-order valence-corrected chi connectivity index (χ2v) is 7.12. The van der Waals surface area contributed by atoms with E-state index < -0.39 is 11.9 Å². The second kappa shape index (κ2) is 9.91. The lowest BCUT2D eigenvalue weighted by Crippen LogP contribution is -2.37. The number of ether oxygens (including phenoxy) is 1. The molecule has 0 saturated heterocycles. The molecule has 0 aliphatic heterocycles. The summed E-state index contributed by atoms with van der Waals surface area (Å²) in [5.41, 5.74) is 1.72. The van der Waals surface area contributed by atoms with Gasteiger partial charge in [0.2, 0.25) is 0 Å². The number of carbonyl (C=O) groups excluding carboxylic acids is 2. The highest BCUT2D eigenvalue weighted by atomic mass is 16.5. The van der Waals surface area contributed by atoms with Gasteiger partial charge in [0.15, 0.2) is 6.61 Å². The fraction of sp³-hybridized carbons (Fsp3) is 0.391. The molecular weight excluding hydrogens is 338 g/mol. The Morgan fingerprint density at radius 2 is 1.37 bits per heavy atom. The Morgan fingerprint density at radius 3 is 1.89 bits per heavy atom. The minimum absolute atomic E-state index is 0.206. The minimum Gasteiger partial charge on any atom is -0.455 e. The molecule has 1 N–H and O–H groups in total. The molecule has 0 bridgehead atoms. The average molecular weight is 365 g/mol. The number of benzene rings is 2. The van der Waals surface area contributed by atoms with Gasteiger partial charge >= 0.3 is 5.97 Å². The summed E-state index contributed by atoms with van der Waals surface area (Å²) in [6.07, 6.45) is 6.78. The summed E-state index contributed by atoms with van der Waals surface area (Å²) in [5.74, 6) is -1.14. The van der Waals surface area contributed by atoms with Crippen LogP contribution in [0.5, 0.6) is 0 Å². The quantitative estimate of drug-likeness (QED) is 0.616. The maximum absolute atomic E-state index is 12.8. The molecule has 0 heterocycles. The second-order valence-electron chi connectivity index (χ2n) is 7.12. The number of carbonyl (C=O) groups is 2. The predicted octanol–water partition coefficient (Wildman–Crippen LogP) is 4.20. The highest BCUT2D eigenvalue weighted by molar-refractivity contribution is 5.85. The Kier molecular flexibility index (Phi) is 7.03. The summed E-state index contributed by atoms with van der Waals surface area (Å²) in [7, 11) is 0. The van der Waals surface area contributed by atoms with Crippen molar-refractivity contribution in [2.45, 2.75) is 50.5 Å². The van der Waals surface area contributed by atoms with Crippen molar-refractivity contribution >= 4 is 11.9 Å². The van der Waals surface area contributed by atoms with E-state index in [2.05, 4.69) is 5.32 Å². The zero-order chi connectivity index (χ0) is 18.9. The van der Waals surface area contributed by atoms with E-state index in [-0.39, 0.29) is 18.6 Å². The van der Waals surface area contributed by atoms with E-state index in [9.17, 15) is 9.59 Å². The van der Waals surface area contributed by atoms with Gasteiger partial charge in [0.25, 0.3) is 5.91 Å². The van der Waals surface area contributed by atoms with Gasteiger partial charge in [-0.25, -0.2) is 0 Å². The van der Waals surface area contributed by atoms with E-state index >= 15 is 0 Å². The number of esters is 1. The molecule has 0 unspecified atom stereocenters. The first kappa shape index (κ1) is 19.2. The number of hydrogen-bond acceptors (Lipinski definition) is 3. The van der Waals surface area contributed by atoms with Gasteiger partial charge in [0.05, 0.1) is 0 Å². The molecular formula is C23H27NO3. The lowest BCUT2D eigenvalue weighted by Gasteiger charge is -2.19. The summed E-state index contributed by atoms with van der Waals surface area (Å²) in [6.45, 7) is -0.231. The van der Waals surface area contributed by atoms with Crippen molar-refractivity contribution in [3.8, 4) is 0 Å². The average Bonchev–Trinajstić information content (AvgIpc) is 2.97. The van der Waals surface area contributed by atoms with E-state index in [0.29, 0.717) is 0 Å². The number of amides is 1. The zero-order valence-electron chi connectivity index (χ0n) is 15.6. The third-order valence-corrected chi connectivity index (χ3v) is 5.07. The van der Waals surface area contributed by atoms with Crippen molar-refractivity contribution in [3.63, 3.8) is 0 Å². The van der Waals surface area contributed by atoms with Crippen LogP contribution in [0, 0.1) is 0 Å². The van der Waals surface area contributed by atoms with E-state index in [1.54, 1.807) is 0 Å². The molecule has 2 aromatic rings. The molecule has 1 saturated carbocycles. The monoisotopic (exact) mass is 365 g/mol. The molecule has 1 fully saturated rings. The molecule has 3 rings (SSSR count). The Bertz CT molecular complexity index is 682. The lowest BCUT2D eigenvalue weighted by molar-refractivity contribution is -0.149. The van der Waals surface area contributed by atoms with Crippen LogP contribution in [0.15, 0.2) is 60.7 Å². The molecule has 4 heteroatoms. The molecule has 1 aliphatic rings. The van der Waals surface area contributed by atoms with E-state index in [1.165, 1.54) is 12.8 Å². The topological polar surface area (TPSA) is 55.4 Å². The molecule has 142 valence electrons. The van der Waals surface area contributed by atoms with Crippen LogP contribution >= 0.6 is 0 Å². The Balaban J connectivity index is 1.62.